The first kappa shape index (κ1) is 63.5. The van der Waals surface area contributed by atoms with Crippen molar-refractivity contribution in [3.63, 3.8) is 0 Å². The number of carbonyl (C=O) groups excluding carboxylic acids is 2. The molecule has 0 heterocycles. The Labute approximate surface area is 423 Å². The van der Waals surface area contributed by atoms with Crippen molar-refractivity contribution in [2.75, 3.05) is 13.2 Å². The van der Waals surface area contributed by atoms with Gasteiger partial charge in [0.1, 0.15) is 10.1 Å². The molecule has 1 rings (SSSR count). The molecule has 0 N–H and O–H groups in total. The van der Waals surface area contributed by atoms with Gasteiger partial charge in [-0.15, -0.1) is 0 Å². The summed E-state index contributed by atoms with van der Waals surface area (Å²) in [4.78, 5) is 25.3. The maximum Gasteiger partial charge on any atom is 1.00 e. The third-order valence-corrected chi connectivity index (χ3v) is 13.4. The van der Waals surface area contributed by atoms with Crippen molar-refractivity contribution in [1.29, 1.82) is 0 Å². The predicted octanol–water partition coefficient (Wildman–Crippen LogP) is 14.7. The molecule has 0 atom stereocenters. The van der Waals surface area contributed by atoms with Crippen LogP contribution in [0.1, 0.15) is 291 Å². The Morgan fingerprint density at radius 2 is 0.708 bits per heavy atom. The zero-order chi connectivity index (χ0) is 46.4. The average molecular weight is 937 g/mol. The molecule has 0 saturated carbocycles. The van der Waals surface area contributed by atoms with Gasteiger partial charge in [0.25, 0.3) is 0 Å². The number of hydrogen-bond donors (Lipinski definition) is 0. The minimum atomic E-state index is -5.03. The third kappa shape index (κ3) is 39.1. The van der Waals surface area contributed by atoms with Crippen LogP contribution >= 0.6 is 0 Å². The van der Waals surface area contributed by atoms with Gasteiger partial charge in [-0.1, -0.05) is 224 Å². The first-order chi connectivity index (χ1) is 31.3. The summed E-state index contributed by atoms with van der Waals surface area (Å²) < 4.78 is 46.9. The molecule has 0 aliphatic heterocycles. The van der Waals surface area contributed by atoms with E-state index in [2.05, 4.69) is 38.2 Å². The van der Waals surface area contributed by atoms with E-state index in [1.165, 1.54) is 205 Å². The van der Waals surface area contributed by atoms with E-state index in [0.717, 1.165) is 57.4 Å². The van der Waals surface area contributed by atoms with Crippen molar-refractivity contribution in [3.8, 4) is 0 Å². The monoisotopic (exact) mass is 937 g/mol. The van der Waals surface area contributed by atoms with Crippen LogP contribution in [0.25, 0.3) is 0 Å². The summed E-state index contributed by atoms with van der Waals surface area (Å²) in [5, 5.41) is 0. The second-order valence-electron chi connectivity index (χ2n) is 18.5. The molecule has 1 aromatic rings. The second kappa shape index (κ2) is 47.6. The van der Waals surface area contributed by atoms with Crippen LogP contribution in [0.4, 0.5) is 0 Å². The zero-order valence-corrected chi connectivity index (χ0v) is 45.3. The van der Waals surface area contributed by atoms with Gasteiger partial charge in [-0.3, -0.25) is 0 Å². The molecule has 9 heteroatoms. The molecular formula is C56H97NaO7S. The minimum absolute atomic E-state index is 0. The summed E-state index contributed by atoms with van der Waals surface area (Å²) in [6.45, 7) is 4.76. The number of allylic oxidation sites excluding steroid dienone is 4. The van der Waals surface area contributed by atoms with E-state index < -0.39 is 32.5 Å². The molecule has 0 fully saturated rings. The molecule has 0 amide bonds. The fourth-order valence-electron chi connectivity index (χ4n) is 8.42. The van der Waals surface area contributed by atoms with Crippen molar-refractivity contribution in [2.45, 2.75) is 276 Å². The summed E-state index contributed by atoms with van der Waals surface area (Å²) in [6, 6.07) is 3.62. The van der Waals surface area contributed by atoms with Crippen LogP contribution in [0, 0.1) is 0 Å². The largest absolute Gasteiger partial charge is 1.00 e. The molecule has 0 aliphatic carbocycles. The molecule has 0 saturated heterocycles. The molecule has 7 nitrogen and oxygen atoms in total. The Morgan fingerprint density at radius 3 is 1.02 bits per heavy atom. The standard InChI is InChI=1S/C56H98O7S.Na/c1-3-5-7-9-11-13-15-17-19-21-23-25-27-29-31-33-35-37-39-41-43-45-50-62-55(57)52-48-47-49-53(64(59,60)61)54(52)56(58)63-51-46-44-42-40-38-36-34-32-30-28-26-24-22-20-18-16-14-12-10-8-6-4-2;/h35-38,47-49H,3-34,39-46,50-51H2,1-2H3,(H,59,60,61);/q;+1/p-1/b37-35+,38-36+;. The molecule has 0 unspecified atom stereocenters. The van der Waals surface area contributed by atoms with Crippen LogP contribution in [-0.2, 0) is 19.6 Å². The number of unbranched alkanes of at least 4 members (excludes halogenated alkanes) is 36. The third-order valence-electron chi connectivity index (χ3n) is 12.5. The van der Waals surface area contributed by atoms with Gasteiger partial charge in [0.05, 0.1) is 29.2 Å². The second-order valence-corrected chi connectivity index (χ2v) is 19.9. The first-order valence-electron chi connectivity index (χ1n) is 27.1. The van der Waals surface area contributed by atoms with Crippen LogP contribution in [0.15, 0.2) is 47.4 Å². The van der Waals surface area contributed by atoms with E-state index in [9.17, 15) is 22.6 Å². The van der Waals surface area contributed by atoms with Gasteiger partial charge in [0.15, 0.2) is 0 Å². The Kier molecular flexibility index (Phi) is 46.5. The predicted molar refractivity (Wildman–Crippen MR) is 269 cm³/mol. The van der Waals surface area contributed by atoms with Gasteiger partial charge < -0.3 is 14.0 Å². The van der Waals surface area contributed by atoms with E-state index >= 15 is 0 Å². The number of rotatable bonds is 47. The number of ether oxygens (including phenoxy) is 2. The molecule has 0 aliphatic rings. The van der Waals surface area contributed by atoms with Crippen LogP contribution < -0.4 is 29.6 Å². The summed E-state index contributed by atoms with van der Waals surface area (Å²) in [7, 11) is -5.03. The van der Waals surface area contributed by atoms with E-state index in [-0.39, 0.29) is 48.3 Å². The Balaban J connectivity index is 0.0000410. The van der Waals surface area contributed by atoms with Crippen LogP contribution in [0.5, 0.6) is 0 Å². The van der Waals surface area contributed by atoms with E-state index in [0.29, 0.717) is 12.8 Å². The van der Waals surface area contributed by atoms with Crippen molar-refractivity contribution in [2.24, 2.45) is 0 Å². The topological polar surface area (TPSA) is 110 Å². The van der Waals surface area contributed by atoms with Crippen molar-refractivity contribution in [3.05, 3.63) is 53.6 Å². The normalized spacial score (nSPS) is 11.7. The summed E-state index contributed by atoms with van der Waals surface area (Å²) >= 11 is 0. The summed E-state index contributed by atoms with van der Waals surface area (Å²) in [5.41, 5.74) is -0.800. The van der Waals surface area contributed by atoms with Gasteiger partial charge in [-0.05, 0) is 89.2 Å². The van der Waals surface area contributed by atoms with Gasteiger partial charge >= 0.3 is 41.5 Å². The fraction of sp³-hybridized carbons (Fsp3) is 0.786. The first-order valence-corrected chi connectivity index (χ1v) is 28.5. The fourth-order valence-corrected chi connectivity index (χ4v) is 9.11. The molecule has 370 valence electrons. The molecule has 0 bridgehead atoms. The molecule has 0 radical (unpaired) electrons. The quantitative estimate of drug-likeness (QED) is 0.0210. The van der Waals surface area contributed by atoms with Gasteiger partial charge in [-0.2, -0.15) is 0 Å². The van der Waals surface area contributed by atoms with Gasteiger partial charge in [-0.25, -0.2) is 18.0 Å². The Morgan fingerprint density at radius 1 is 0.431 bits per heavy atom. The minimum Gasteiger partial charge on any atom is -0.744 e. The Bertz CT molecular complexity index is 1410. The van der Waals surface area contributed by atoms with Gasteiger partial charge in [0.2, 0.25) is 0 Å². The maximum absolute atomic E-state index is 13.1. The number of hydrogen-bond acceptors (Lipinski definition) is 7. The molecular weight excluding hydrogens is 840 g/mol. The summed E-state index contributed by atoms with van der Waals surface area (Å²) in [6.07, 6.45) is 59.3. The maximum atomic E-state index is 13.1. The van der Waals surface area contributed by atoms with Crippen molar-refractivity contribution >= 4 is 22.1 Å². The molecule has 1 aromatic carbocycles. The van der Waals surface area contributed by atoms with Crippen molar-refractivity contribution < 1.29 is 61.6 Å². The number of benzene rings is 1. The van der Waals surface area contributed by atoms with Gasteiger partial charge in [0, 0.05) is 0 Å². The van der Waals surface area contributed by atoms with E-state index in [4.69, 9.17) is 9.47 Å². The summed E-state index contributed by atoms with van der Waals surface area (Å²) in [5.74, 6) is -1.83. The number of esters is 2. The zero-order valence-electron chi connectivity index (χ0n) is 42.5. The average Bonchev–Trinajstić information content (AvgIpc) is 3.28. The molecule has 65 heavy (non-hydrogen) atoms. The smallest absolute Gasteiger partial charge is 0.744 e. The van der Waals surface area contributed by atoms with Crippen LogP contribution in [0.3, 0.4) is 0 Å². The molecule has 0 aromatic heterocycles. The molecule has 0 spiro atoms. The SMILES string of the molecule is CCCCCCCCCCCCCCCCC/C=C/CCCCCOC(=O)c1cccc(S(=O)(=O)[O-])c1C(=O)OCCCCC/C=C/CCCCCCCCCCCCCCCCC.[Na+]. The van der Waals surface area contributed by atoms with E-state index in [1.54, 1.807) is 0 Å². The van der Waals surface area contributed by atoms with Crippen LogP contribution in [0.2, 0.25) is 0 Å². The Hall–Kier alpha value is -1.45. The van der Waals surface area contributed by atoms with Crippen LogP contribution in [-0.4, -0.2) is 38.1 Å². The van der Waals surface area contributed by atoms with Crippen molar-refractivity contribution in [1.82, 2.24) is 0 Å². The van der Waals surface area contributed by atoms with E-state index in [1.807, 2.05) is 0 Å². The number of carbonyl (C=O) groups is 2.